The second-order valence-corrected chi connectivity index (χ2v) is 8.80. The monoisotopic (exact) mass is 490 g/mol. The Labute approximate surface area is 198 Å². The standard InChI is InChI=1S/C21H20ClFN6O3S/c1-11-8-12(17-15(32-3)5-4-14(22)18(17)23)13(9-24-11)19(31)25-20-26-27-21(33-20)29-7-6-28(2)10-16(29)30/h4-5,8-9H,6-7,10H2,1-3H3,(H,25,26,31). The van der Waals surface area contributed by atoms with Crippen LogP contribution < -0.4 is 15.0 Å². The van der Waals surface area contributed by atoms with Crippen LogP contribution in [0.5, 0.6) is 5.75 Å². The molecule has 12 heteroatoms. The van der Waals surface area contributed by atoms with E-state index in [9.17, 15) is 14.0 Å². The molecule has 3 heterocycles. The number of likely N-dealkylation sites (N-methyl/N-ethyl adjacent to an activating group) is 1. The average Bonchev–Trinajstić information content (AvgIpc) is 3.23. The molecule has 2 aromatic heterocycles. The molecule has 9 nitrogen and oxygen atoms in total. The largest absolute Gasteiger partial charge is 0.496 e. The number of aryl methyl sites for hydroxylation is 1. The van der Waals surface area contributed by atoms with Crippen molar-refractivity contribution in [3.05, 3.63) is 46.5 Å². The highest BCUT2D eigenvalue weighted by Gasteiger charge is 2.27. The fourth-order valence-electron chi connectivity index (χ4n) is 3.43. The molecule has 172 valence electrons. The Kier molecular flexibility index (Phi) is 6.54. The van der Waals surface area contributed by atoms with Crippen LogP contribution in [0.1, 0.15) is 16.1 Å². The van der Waals surface area contributed by atoms with Crippen molar-refractivity contribution in [1.82, 2.24) is 20.1 Å². The van der Waals surface area contributed by atoms with Crippen molar-refractivity contribution < 1.29 is 18.7 Å². The van der Waals surface area contributed by atoms with Gasteiger partial charge in [-0.3, -0.25) is 29.7 Å². The highest BCUT2D eigenvalue weighted by molar-refractivity contribution is 7.19. The normalized spacial score (nSPS) is 14.5. The zero-order chi connectivity index (χ0) is 23.7. The number of rotatable bonds is 5. The van der Waals surface area contributed by atoms with Crippen molar-refractivity contribution in [2.75, 3.05) is 44.0 Å². The lowest BCUT2D eigenvalue weighted by atomic mass is 9.98. The smallest absolute Gasteiger partial charge is 0.259 e. The van der Waals surface area contributed by atoms with Gasteiger partial charge in [0, 0.05) is 30.5 Å². The molecular weight excluding hydrogens is 471 g/mol. The molecule has 1 N–H and O–H groups in total. The molecule has 0 atom stereocenters. The van der Waals surface area contributed by atoms with Crippen LogP contribution in [0, 0.1) is 12.7 Å². The Morgan fingerprint density at radius 1 is 1.30 bits per heavy atom. The summed E-state index contributed by atoms with van der Waals surface area (Å²) in [4.78, 5) is 33.0. The summed E-state index contributed by atoms with van der Waals surface area (Å²) in [5, 5.41) is 11.2. The average molecular weight is 491 g/mol. The third-order valence-electron chi connectivity index (χ3n) is 5.11. The number of methoxy groups -OCH3 is 1. The second kappa shape index (κ2) is 9.38. The van der Waals surface area contributed by atoms with Gasteiger partial charge in [-0.2, -0.15) is 0 Å². The molecule has 33 heavy (non-hydrogen) atoms. The van der Waals surface area contributed by atoms with Crippen LogP contribution in [-0.2, 0) is 4.79 Å². The summed E-state index contributed by atoms with van der Waals surface area (Å²) in [6, 6.07) is 4.50. The van der Waals surface area contributed by atoms with Crippen LogP contribution >= 0.6 is 22.9 Å². The number of nitrogens with zero attached hydrogens (tertiary/aromatic N) is 5. The van der Waals surface area contributed by atoms with E-state index in [4.69, 9.17) is 16.3 Å². The molecule has 0 saturated carbocycles. The van der Waals surface area contributed by atoms with Gasteiger partial charge in [-0.25, -0.2) is 4.39 Å². The maximum Gasteiger partial charge on any atom is 0.259 e. The highest BCUT2D eigenvalue weighted by Crippen LogP contribution is 2.38. The Morgan fingerprint density at radius 2 is 2.09 bits per heavy atom. The number of piperazine rings is 1. The van der Waals surface area contributed by atoms with Crippen molar-refractivity contribution >= 4 is 45.0 Å². The Hall–Kier alpha value is -3.15. The summed E-state index contributed by atoms with van der Waals surface area (Å²) in [7, 11) is 3.27. The summed E-state index contributed by atoms with van der Waals surface area (Å²) in [5.41, 5.74) is 1.01. The van der Waals surface area contributed by atoms with Gasteiger partial charge in [0.2, 0.25) is 16.2 Å². The molecular formula is C21H20ClFN6O3S. The molecule has 1 aliphatic heterocycles. The number of benzene rings is 1. The molecule has 0 bridgehead atoms. The molecule has 1 aliphatic rings. The minimum atomic E-state index is -0.706. The van der Waals surface area contributed by atoms with Gasteiger partial charge >= 0.3 is 0 Å². The summed E-state index contributed by atoms with van der Waals surface area (Å²) < 4.78 is 20.3. The number of pyridine rings is 1. The number of aromatic nitrogens is 3. The third-order valence-corrected chi connectivity index (χ3v) is 6.26. The van der Waals surface area contributed by atoms with Crippen LogP contribution in [-0.4, -0.2) is 65.7 Å². The van der Waals surface area contributed by atoms with Crippen molar-refractivity contribution in [3.8, 4) is 16.9 Å². The number of hydrogen-bond acceptors (Lipinski definition) is 8. The number of carbonyl (C=O) groups excluding carboxylic acids is 2. The van der Waals surface area contributed by atoms with Crippen LogP contribution in [0.15, 0.2) is 24.4 Å². The molecule has 2 amide bonds. The first-order chi connectivity index (χ1) is 15.8. The summed E-state index contributed by atoms with van der Waals surface area (Å²) in [5.74, 6) is -1.14. The number of ether oxygens (including phenoxy) is 1. The number of anilines is 2. The van der Waals surface area contributed by atoms with E-state index in [-0.39, 0.29) is 45.0 Å². The number of halogens is 2. The minimum absolute atomic E-state index is 0.0571. The lowest BCUT2D eigenvalue weighted by Crippen LogP contribution is -2.48. The number of nitrogens with one attached hydrogen (secondary N) is 1. The third kappa shape index (κ3) is 4.65. The zero-order valence-electron chi connectivity index (χ0n) is 18.1. The predicted octanol–water partition coefficient (Wildman–Crippen LogP) is 3.24. The van der Waals surface area contributed by atoms with E-state index in [0.717, 1.165) is 11.3 Å². The Bertz CT molecular complexity index is 1240. The van der Waals surface area contributed by atoms with E-state index < -0.39 is 11.7 Å². The van der Waals surface area contributed by atoms with Gasteiger partial charge in [0.15, 0.2) is 5.82 Å². The molecule has 0 aliphatic carbocycles. The molecule has 1 aromatic carbocycles. The molecule has 1 fully saturated rings. The molecule has 0 radical (unpaired) electrons. The summed E-state index contributed by atoms with van der Waals surface area (Å²) in [6.07, 6.45) is 1.35. The van der Waals surface area contributed by atoms with Gasteiger partial charge in [-0.15, -0.1) is 10.2 Å². The summed E-state index contributed by atoms with van der Waals surface area (Å²) >= 11 is 7.07. The van der Waals surface area contributed by atoms with Gasteiger partial charge in [-0.05, 0) is 32.2 Å². The fourth-order valence-corrected chi connectivity index (χ4v) is 4.37. The first kappa shape index (κ1) is 23.0. The van der Waals surface area contributed by atoms with E-state index in [1.807, 2.05) is 11.9 Å². The number of amides is 2. The van der Waals surface area contributed by atoms with Gasteiger partial charge in [0.05, 0.1) is 29.8 Å². The van der Waals surface area contributed by atoms with Crippen LogP contribution in [0.4, 0.5) is 14.7 Å². The molecule has 3 aromatic rings. The first-order valence-electron chi connectivity index (χ1n) is 9.91. The fraction of sp³-hybridized carbons (Fsp3) is 0.286. The van der Waals surface area contributed by atoms with E-state index in [1.54, 1.807) is 17.9 Å². The molecule has 4 rings (SSSR count). The van der Waals surface area contributed by atoms with Crippen molar-refractivity contribution in [2.24, 2.45) is 0 Å². The van der Waals surface area contributed by atoms with E-state index in [1.165, 1.54) is 25.4 Å². The second-order valence-electron chi connectivity index (χ2n) is 7.44. The lowest BCUT2D eigenvalue weighted by molar-refractivity contribution is -0.120. The van der Waals surface area contributed by atoms with Gasteiger partial charge in [0.1, 0.15) is 5.75 Å². The Morgan fingerprint density at radius 3 is 2.82 bits per heavy atom. The SMILES string of the molecule is COc1ccc(Cl)c(F)c1-c1cc(C)ncc1C(=O)Nc1nnc(N2CCN(C)CC2=O)s1. The lowest BCUT2D eigenvalue weighted by Gasteiger charge is -2.29. The zero-order valence-corrected chi connectivity index (χ0v) is 19.6. The predicted molar refractivity (Wildman–Crippen MR) is 124 cm³/mol. The first-order valence-corrected chi connectivity index (χ1v) is 11.1. The van der Waals surface area contributed by atoms with Crippen molar-refractivity contribution in [2.45, 2.75) is 6.92 Å². The maximum atomic E-state index is 15.0. The Balaban J connectivity index is 1.65. The van der Waals surface area contributed by atoms with Crippen LogP contribution in [0.3, 0.4) is 0 Å². The van der Waals surface area contributed by atoms with Gasteiger partial charge < -0.3 is 4.74 Å². The maximum absolute atomic E-state index is 15.0. The molecule has 0 unspecified atom stereocenters. The quantitative estimate of drug-likeness (QED) is 0.586. The van der Waals surface area contributed by atoms with Crippen molar-refractivity contribution in [1.29, 1.82) is 0 Å². The van der Waals surface area contributed by atoms with Gasteiger partial charge in [0.25, 0.3) is 5.91 Å². The van der Waals surface area contributed by atoms with E-state index >= 15 is 0 Å². The number of carbonyl (C=O) groups is 2. The van der Waals surface area contributed by atoms with Gasteiger partial charge in [-0.1, -0.05) is 22.9 Å². The highest BCUT2D eigenvalue weighted by atomic mass is 35.5. The number of hydrogen-bond donors (Lipinski definition) is 1. The van der Waals surface area contributed by atoms with Crippen LogP contribution in [0.2, 0.25) is 5.02 Å². The minimum Gasteiger partial charge on any atom is -0.496 e. The topological polar surface area (TPSA) is 101 Å². The van der Waals surface area contributed by atoms with E-state index in [2.05, 4.69) is 20.5 Å². The molecule has 1 saturated heterocycles. The molecule has 0 spiro atoms. The summed E-state index contributed by atoms with van der Waals surface area (Å²) in [6.45, 7) is 3.20. The van der Waals surface area contributed by atoms with Crippen molar-refractivity contribution in [3.63, 3.8) is 0 Å². The van der Waals surface area contributed by atoms with Crippen LogP contribution in [0.25, 0.3) is 11.1 Å². The van der Waals surface area contributed by atoms with E-state index in [0.29, 0.717) is 23.9 Å².